The summed E-state index contributed by atoms with van der Waals surface area (Å²) >= 11 is 6.36. The molecule has 1 aliphatic rings. The first kappa shape index (κ1) is 22.6. The molecule has 5 rings (SSSR count). The topological polar surface area (TPSA) is 64.8 Å². The lowest BCUT2D eigenvalue weighted by Gasteiger charge is -2.18. The zero-order valence-electron chi connectivity index (χ0n) is 18.8. The predicted octanol–water partition coefficient (Wildman–Crippen LogP) is 4.56. The second-order valence-electron chi connectivity index (χ2n) is 8.43. The summed E-state index contributed by atoms with van der Waals surface area (Å²) in [6.07, 6.45) is 4.06. The largest absolute Gasteiger partial charge is 0.489 e. The van der Waals surface area contributed by atoms with Crippen molar-refractivity contribution >= 4 is 17.2 Å². The van der Waals surface area contributed by atoms with Gasteiger partial charge in [0.15, 0.2) is 10.8 Å². The quantitative estimate of drug-likeness (QED) is 0.367. The number of aromatic nitrogens is 4. The van der Waals surface area contributed by atoms with Crippen LogP contribution in [0.1, 0.15) is 29.7 Å². The maximum atomic E-state index is 14.9. The van der Waals surface area contributed by atoms with Gasteiger partial charge in [0.2, 0.25) is 0 Å². The van der Waals surface area contributed by atoms with Gasteiger partial charge in [0.05, 0.1) is 11.9 Å². The van der Waals surface area contributed by atoms with Gasteiger partial charge in [-0.25, -0.2) is 13.9 Å². The van der Waals surface area contributed by atoms with E-state index in [9.17, 15) is 4.39 Å². The van der Waals surface area contributed by atoms with Crippen LogP contribution in [0.25, 0.3) is 5.65 Å². The van der Waals surface area contributed by atoms with E-state index in [0.29, 0.717) is 41.9 Å². The second kappa shape index (κ2) is 9.95. The van der Waals surface area contributed by atoms with Gasteiger partial charge in [-0.3, -0.25) is 0 Å². The molecule has 1 atom stereocenters. The molecule has 0 N–H and O–H groups in total. The minimum atomic E-state index is -0.360. The number of likely N-dealkylation sites (N-methyl/N-ethyl adjacent to an activating group) is 1. The molecular weight excluding hydrogens is 457 g/mol. The molecule has 4 aromatic rings. The number of fused-ring (bicyclic) bond motifs is 1. The molecule has 34 heavy (non-hydrogen) atoms. The van der Waals surface area contributed by atoms with Gasteiger partial charge in [-0.2, -0.15) is 4.98 Å². The highest BCUT2D eigenvalue weighted by atomic mass is 35.5. The summed E-state index contributed by atoms with van der Waals surface area (Å²) in [4.78, 5) is 10.8. The number of nitrogens with zero attached hydrogens (tertiary/aromatic N) is 5. The van der Waals surface area contributed by atoms with Gasteiger partial charge in [0.25, 0.3) is 0 Å². The molecule has 1 saturated heterocycles. The molecule has 7 nitrogen and oxygen atoms in total. The molecule has 2 aromatic heterocycles. The van der Waals surface area contributed by atoms with Crippen LogP contribution in [-0.4, -0.2) is 50.7 Å². The van der Waals surface area contributed by atoms with Crippen LogP contribution in [0.15, 0.2) is 54.7 Å². The van der Waals surface area contributed by atoms with Crippen molar-refractivity contribution in [3.63, 3.8) is 0 Å². The van der Waals surface area contributed by atoms with Crippen molar-refractivity contribution in [1.82, 2.24) is 24.5 Å². The van der Waals surface area contributed by atoms with Crippen LogP contribution >= 0.6 is 11.6 Å². The molecular formula is C25H25ClFN5O2. The number of imidazole rings is 1. The Labute approximate surface area is 202 Å². The third-order valence-electron chi connectivity index (χ3n) is 6.12. The van der Waals surface area contributed by atoms with Gasteiger partial charge in [-0.15, -0.1) is 5.10 Å². The summed E-state index contributed by atoms with van der Waals surface area (Å²) in [6, 6.07) is 15.1. The third-order valence-corrected chi connectivity index (χ3v) is 6.37. The molecule has 1 aliphatic heterocycles. The lowest BCUT2D eigenvalue weighted by atomic mass is 10.1. The van der Waals surface area contributed by atoms with E-state index >= 15 is 0 Å². The van der Waals surface area contributed by atoms with Crippen LogP contribution in [0.4, 0.5) is 4.39 Å². The second-order valence-corrected chi connectivity index (χ2v) is 8.78. The molecule has 0 amide bonds. The van der Waals surface area contributed by atoms with E-state index in [0.717, 1.165) is 24.9 Å². The van der Waals surface area contributed by atoms with Crippen LogP contribution in [0.5, 0.6) is 11.8 Å². The van der Waals surface area contributed by atoms with Gasteiger partial charge in [-0.1, -0.05) is 48.0 Å². The first-order valence-corrected chi connectivity index (χ1v) is 11.6. The van der Waals surface area contributed by atoms with Gasteiger partial charge in [-0.05, 0) is 44.1 Å². The van der Waals surface area contributed by atoms with Crippen molar-refractivity contribution in [2.45, 2.75) is 31.9 Å². The number of halogens is 2. The van der Waals surface area contributed by atoms with Gasteiger partial charge in [0.1, 0.15) is 24.8 Å². The highest BCUT2D eigenvalue weighted by molar-refractivity contribution is 6.32. The van der Waals surface area contributed by atoms with Gasteiger partial charge in [0, 0.05) is 18.0 Å². The average Bonchev–Trinajstić information content (AvgIpc) is 3.45. The Morgan fingerprint density at radius 1 is 1.12 bits per heavy atom. The molecule has 1 fully saturated rings. The van der Waals surface area contributed by atoms with Crippen molar-refractivity contribution in [2.24, 2.45) is 0 Å². The zero-order valence-corrected chi connectivity index (χ0v) is 19.6. The fourth-order valence-electron chi connectivity index (χ4n) is 4.18. The molecule has 2 aromatic carbocycles. The standard InChI is InChI=1S/C25H25ClFN5O2/c1-31-12-6-9-18(31)16-34-25-29-23(26)24-28-14-19(32(24)30-25)13-20-21(27)10-5-11-22(20)33-15-17-7-3-2-4-8-17/h2-5,7-8,10-11,14,18H,6,9,12-13,15-16H2,1H3. The van der Waals surface area contributed by atoms with Crippen molar-refractivity contribution in [3.8, 4) is 11.8 Å². The molecule has 0 radical (unpaired) electrons. The highest BCUT2D eigenvalue weighted by Gasteiger charge is 2.22. The number of ether oxygens (including phenoxy) is 2. The van der Waals surface area contributed by atoms with Crippen LogP contribution in [0, 0.1) is 5.82 Å². The lowest BCUT2D eigenvalue weighted by molar-refractivity contribution is 0.185. The molecule has 0 saturated carbocycles. The van der Waals surface area contributed by atoms with Crippen molar-refractivity contribution < 1.29 is 13.9 Å². The van der Waals surface area contributed by atoms with Crippen LogP contribution < -0.4 is 9.47 Å². The lowest BCUT2D eigenvalue weighted by Crippen LogP contribution is -2.31. The number of likely N-dealkylation sites (tertiary alicyclic amines) is 1. The normalized spacial score (nSPS) is 16.3. The SMILES string of the molecule is CN1CCCC1COc1nc(Cl)c2ncc(Cc3c(F)cccc3OCc3ccccc3)n2n1. The minimum absolute atomic E-state index is 0.172. The molecule has 1 unspecified atom stereocenters. The Morgan fingerprint density at radius 2 is 1.97 bits per heavy atom. The predicted molar refractivity (Wildman–Crippen MR) is 127 cm³/mol. The Bertz CT molecular complexity index is 1280. The Hall–Kier alpha value is -3.23. The van der Waals surface area contributed by atoms with E-state index < -0.39 is 0 Å². The summed E-state index contributed by atoms with van der Waals surface area (Å²) < 4.78 is 28.2. The Balaban J connectivity index is 1.39. The van der Waals surface area contributed by atoms with E-state index in [1.165, 1.54) is 6.07 Å². The summed E-state index contributed by atoms with van der Waals surface area (Å²) in [6.45, 7) is 1.87. The summed E-state index contributed by atoms with van der Waals surface area (Å²) in [5.74, 6) is 0.112. The zero-order chi connectivity index (χ0) is 23.5. The number of benzene rings is 2. The first-order valence-electron chi connectivity index (χ1n) is 11.3. The van der Waals surface area contributed by atoms with Crippen molar-refractivity contribution in [3.05, 3.63) is 82.5 Å². The van der Waals surface area contributed by atoms with E-state index in [1.807, 2.05) is 30.3 Å². The summed E-state index contributed by atoms with van der Waals surface area (Å²) in [7, 11) is 2.08. The third kappa shape index (κ3) is 4.83. The molecule has 0 aliphatic carbocycles. The van der Waals surface area contributed by atoms with E-state index in [4.69, 9.17) is 21.1 Å². The van der Waals surface area contributed by atoms with Crippen molar-refractivity contribution in [2.75, 3.05) is 20.2 Å². The summed E-state index contributed by atoms with van der Waals surface area (Å²) in [5.41, 5.74) is 2.47. The van der Waals surface area contributed by atoms with E-state index in [2.05, 4.69) is 27.0 Å². The van der Waals surface area contributed by atoms with Gasteiger partial charge < -0.3 is 14.4 Å². The monoisotopic (exact) mass is 481 g/mol. The van der Waals surface area contributed by atoms with E-state index in [-0.39, 0.29) is 23.4 Å². The molecule has 9 heteroatoms. The van der Waals surface area contributed by atoms with Crippen molar-refractivity contribution in [1.29, 1.82) is 0 Å². The Morgan fingerprint density at radius 3 is 2.76 bits per heavy atom. The number of hydrogen-bond donors (Lipinski definition) is 0. The number of hydrogen-bond acceptors (Lipinski definition) is 6. The summed E-state index contributed by atoms with van der Waals surface area (Å²) in [5, 5.41) is 4.67. The van der Waals surface area contributed by atoms with Gasteiger partial charge >= 0.3 is 6.01 Å². The maximum Gasteiger partial charge on any atom is 0.335 e. The van der Waals surface area contributed by atoms with Crippen LogP contribution in [0.3, 0.4) is 0 Å². The minimum Gasteiger partial charge on any atom is -0.489 e. The first-order chi connectivity index (χ1) is 16.6. The maximum absolute atomic E-state index is 14.9. The highest BCUT2D eigenvalue weighted by Crippen LogP contribution is 2.27. The molecule has 3 heterocycles. The average molecular weight is 482 g/mol. The smallest absolute Gasteiger partial charge is 0.335 e. The molecule has 0 bridgehead atoms. The fourth-order valence-corrected chi connectivity index (χ4v) is 4.38. The van der Waals surface area contributed by atoms with Crippen LogP contribution in [-0.2, 0) is 13.0 Å². The van der Waals surface area contributed by atoms with E-state index in [1.54, 1.807) is 22.8 Å². The fraction of sp³-hybridized carbons (Fsp3) is 0.320. The number of rotatable bonds is 8. The molecule has 176 valence electrons. The van der Waals surface area contributed by atoms with Crippen LogP contribution in [0.2, 0.25) is 5.15 Å². The Kier molecular flexibility index (Phi) is 6.60. The molecule has 0 spiro atoms.